The molecule has 30 heavy (non-hydrogen) atoms. The van der Waals surface area contributed by atoms with Crippen LogP contribution < -0.4 is 4.74 Å². The number of hydrogen-bond donors (Lipinski definition) is 0. The molecule has 2 aromatic carbocycles. The number of methoxy groups -OCH3 is 1. The molecule has 1 fully saturated rings. The maximum atomic E-state index is 12.6. The van der Waals surface area contributed by atoms with Crippen LogP contribution in [0.4, 0.5) is 0 Å². The third-order valence-electron chi connectivity index (χ3n) is 6.63. The normalized spacial score (nSPS) is 20.8. The minimum Gasteiger partial charge on any atom is -0.465 e. The number of ether oxygens (including phenoxy) is 2. The van der Waals surface area contributed by atoms with Crippen LogP contribution in [0.3, 0.4) is 0 Å². The lowest BCUT2D eigenvalue weighted by molar-refractivity contribution is 0.0599. The Kier molecular flexibility index (Phi) is 5.82. The Morgan fingerprint density at radius 3 is 2.17 bits per heavy atom. The number of hydrogen-bond acceptors (Lipinski definition) is 4. The van der Waals surface area contributed by atoms with Crippen LogP contribution in [-0.4, -0.2) is 19.0 Å². The van der Waals surface area contributed by atoms with Crippen LogP contribution in [0.2, 0.25) is 10.0 Å². The van der Waals surface area contributed by atoms with Crippen molar-refractivity contribution in [1.82, 2.24) is 0 Å². The molecule has 4 nitrogen and oxygen atoms in total. The molecule has 0 radical (unpaired) electrons. The first-order chi connectivity index (χ1) is 14.3. The molecule has 6 heteroatoms. The highest BCUT2D eigenvalue weighted by Gasteiger charge is 2.42. The molecule has 0 saturated heterocycles. The predicted molar refractivity (Wildman–Crippen MR) is 117 cm³/mol. The van der Waals surface area contributed by atoms with Gasteiger partial charge in [-0.25, -0.2) is 9.59 Å². The smallest absolute Gasteiger partial charge is 0.343 e. The van der Waals surface area contributed by atoms with Crippen molar-refractivity contribution in [3.63, 3.8) is 0 Å². The van der Waals surface area contributed by atoms with Crippen molar-refractivity contribution in [3.05, 3.63) is 62.6 Å². The molecule has 0 amide bonds. The summed E-state index contributed by atoms with van der Waals surface area (Å²) in [5, 5.41) is 0.755. The van der Waals surface area contributed by atoms with E-state index in [1.54, 1.807) is 0 Å². The SMILES string of the molecule is COC(=O)c1ccc(C(=O)Oc2cc3c(c(Cl)c2Cl)CC(C)(C2CCCC2)C3)cc1. The van der Waals surface area contributed by atoms with Gasteiger partial charge in [-0.15, -0.1) is 0 Å². The zero-order chi connectivity index (χ0) is 21.5. The third-order valence-corrected chi connectivity index (χ3v) is 7.52. The van der Waals surface area contributed by atoms with Crippen molar-refractivity contribution in [2.75, 3.05) is 7.11 Å². The van der Waals surface area contributed by atoms with E-state index in [1.165, 1.54) is 57.1 Å². The van der Waals surface area contributed by atoms with Crippen molar-refractivity contribution in [2.45, 2.75) is 45.4 Å². The minimum atomic E-state index is -0.555. The molecule has 0 aliphatic heterocycles. The molecule has 1 atom stereocenters. The molecule has 1 saturated carbocycles. The summed E-state index contributed by atoms with van der Waals surface area (Å²) >= 11 is 13.1. The average Bonchev–Trinajstić information content (AvgIpc) is 3.40. The fourth-order valence-electron chi connectivity index (χ4n) is 4.95. The van der Waals surface area contributed by atoms with E-state index in [9.17, 15) is 9.59 Å². The number of halogens is 2. The molecule has 2 aliphatic rings. The molecule has 2 aliphatic carbocycles. The maximum Gasteiger partial charge on any atom is 0.343 e. The lowest BCUT2D eigenvalue weighted by Gasteiger charge is -2.31. The fourth-order valence-corrected chi connectivity index (χ4v) is 5.43. The van der Waals surface area contributed by atoms with Gasteiger partial charge in [-0.3, -0.25) is 0 Å². The lowest BCUT2D eigenvalue weighted by Crippen LogP contribution is -2.26. The van der Waals surface area contributed by atoms with Crippen molar-refractivity contribution in [3.8, 4) is 5.75 Å². The molecule has 158 valence electrons. The summed E-state index contributed by atoms with van der Waals surface area (Å²) in [5.41, 5.74) is 3.05. The van der Waals surface area contributed by atoms with Gasteiger partial charge in [0.1, 0.15) is 5.02 Å². The van der Waals surface area contributed by atoms with E-state index in [0.29, 0.717) is 22.1 Å². The second-order valence-electron chi connectivity index (χ2n) is 8.59. The second kappa shape index (κ2) is 8.24. The van der Waals surface area contributed by atoms with Crippen molar-refractivity contribution in [1.29, 1.82) is 0 Å². The number of rotatable bonds is 4. The zero-order valence-electron chi connectivity index (χ0n) is 17.1. The van der Waals surface area contributed by atoms with Gasteiger partial charge in [0.15, 0.2) is 5.75 Å². The third kappa shape index (κ3) is 3.83. The van der Waals surface area contributed by atoms with Crippen LogP contribution in [-0.2, 0) is 17.6 Å². The minimum absolute atomic E-state index is 0.179. The molecule has 0 bridgehead atoms. The summed E-state index contributed by atoms with van der Waals surface area (Å²) in [6, 6.07) is 7.95. The predicted octanol–water partition coefficient (Wildman–Crippen LogP) is 6.29. The van der Waals surface area contributed by atoms with Gasteiger partial charge in [-0.2, -0.15) is 0 Å². The second-order valence-corrected chi connectivity index (χ2v) is 9.34. The largest absolute Gasteiger partial charge is 0.465 e. The van der Waals surface area contributed by atoms with E-state index in [0.717, 1.165) is 24.0 Å². The Morgan fingerprint density at radius 1 is 0.967 bits per heavy atom. The van der Waals surface area contributed by atoms with Gasteiger partial charge in [-0.1, -0.05) is 43.0 Å². The number of benzene rings is 2. The Hall–Kier alpha value is -2.04. The summed E-state index contributed by atoms with van der Waals surface area (Å²) in [6.07, 6.45) is 6.95. The first-order valence-electron chi connectivity index (χ1n) is 10.2. The Morgan fingerprint density at radius 2 is 1.57 bits per heavy atom. The first-order valence-corrected chi connectivity index (χ1v) is 11.0. The van der Waals surface area contributed by atoms with E-state index in [-0.39, 0.29) is 16.2 Å². The molecular weight excluding hydrogens is 423 g/mol. The summed E-state index contributed by atoms with van der Waals surface area (Å²) < 4.78 is 10.3. The van der Waals surface area contributed by atoms with E-state index >= 15 is 0 Å². The number of esters is 2. The highest BCUT2D eigenvalue weighted by molar-refractivity contribution is 6.43. The van der Waals surface area contributed by atoms with E-state index in [4.69, 9.17) is 27.9 Å². The molecular formula is C24H24Cl2O4. The van der Waals surface area contributed by atoms with Gasteiger partial charge in [0.05, 0.1) is 23.3 Å². The molecule has 2 aromatic rings. The maximum absolute atomic E-state index is 12.6. The molecule has 1 unspecified atom stereocenters. The number of carbonyl (C=O) groups excluding carboxylic acids is 2. The molecule has 0 aromatic heterocycles. The first kappa shape index (κ1) is 21.2. The summed E-state index contributed by atoms with van der Waals surface area (Å²) in [4.78, 5) is 24.2. The van der Waals surface area contributed by atoms with Crippen LogP contribution in [0, 0.1) is 11.3 Å². The van der Waals surface area contributed by atoms with Gasteiger partial charge >= 0.3 is 11.9 Å². The van der Waals surface area contributed by atoms with Crippen LogP contribution in [0.5, 0.6) is 5.75 Å². The van der Waals surface area contributed by atoms with Crippen LogP contribution >= 0.6 is 23.2 Å². The summed E-state index contributed by atoms with van der Waals surface area (Å²) in [6.45, 7) is 2.34. The molecule has 4 rings (SSSR count). The highest BCUT2D eigenvalue weighted by Crippen LogP contribution is 2.52. The number of fused-ring (bicyclic) bond motifs is 1. The van der Waals surface area contributed by atoms with Gasteiger partial charge < -0.3 is 9.47 Å². The molecule has 0 N–H and O–H groups in total. The Balaban J connectivity index is 1.56. The fraction of sp³-hybridized carbons (Fsp3) is 0.417. The van der Waals surface area contributed by atoms with Gasteiger partial charge in [-0.05, 0) is 78.5 Å². The highest BCUT2D eigenvalue weighted by atomic mass is 35.5. The van der Waals surface area contributed by atoms with Crippen molar-refractivity contribution >= 4 is 35.1 Å². The summed E-state index contributed by atoms with van der Waals surface area (Å²) in [7, 11) is 1.31. The van der Waals surface area contributed by atoms with Gasteiger partial charge in [0.2, 0.25) is 0 Å². The van der Waals surface area contributed by atoms with Crippen molar-refractivity contribution in [2.24, 2.45) is 11.3 Å². The van der Waals surface area contributed by atoms with E-state index in [2.05, 4.69) is 11.7 Å². The zero-order valence-corrected chi connectivity index (χ0v) is 18.6. The van der Waals surface area contributed by atoms with Crippen LogP contribution in [0.25, 0.3) is 0 Å². The van der Waals surface area contributed by atoms with Crippen molar-refractivity contribution < 1.29 is 19.1 Å². The Labute approximate surface area is 186 Å². The Bertz CT molecular complexity index is 993. The standard InChI is InChI=1S/C24H24Cl2O4/c1-24(17-5-3-4-6-17)12-16-11-19(21(26)20(25)18(16)13-24)30-23(28)15-9-7-14(8-10-15)22(27)29-2/h7-11,17H,3-6,12-13H2,1-2H3. The monoisotopic (exact) mass is 446 g/mol. The molecule has 0 heterocycles. The topological polar surface area (TPSA) is 52.6 Å². The number of carbonyl (C=O) groups is 2. The van der Waals surface area contributed by atoms with Gasteiger partial charge in [0.25, 0.3) is 0 Å². The lowest BCUT2D eigenvalue weighted by atomic mass is 9.74. The van der Waals surface area contributed by atoms with Gasteiger partial charge in [0, 0.05) is 0 Å². The summed E-state index contributed by atoms with van der Waals surface area (Å²) in [5.74, 6) is -0.0493. The van der Waals surface area contributed by atoms with E-state index < -0.39 is 11.9 Å². The van der Waals surface area contributed by atoms with Crippen LogP contribution in [0.1, 0.15) is 64.4 Å². The van der Waals surface area contributed by atoms with E-state index in [1.807, 2.05) is 6.07 Å². The molecule has 0 spiro atoms. The van der Waals surface area contributed by atoms with Crippen LogP contribution in [0.15, 0.2) is 30.3 Å². The quantitative estimate of drug-likeness (QED) is 0.408. The average molecular weight is 447 g/mol.